The van der Waals surface area contributed by atoms with Crippen molar-refractivity contribution in [3.8, 4) is 0 Å². The van der Waals surface area contributed by atoms with E-state index < -0.39 is 4.92 Å². The van der Waals surface area contributed by atoms with Crippen LogP contribution in [0.15, 0.2) is 18.2 Å². The molecular formula is C13H17BrN2O3. The monoisotopic (exact) mass is 328 g/mol. The highest BCUT2D eigenvalue weighted by atomic mass is 79.9. The van der Waals surface area contributed by atoms with Gasteiger partial charge in [0.25, 0.3) is 11.6 Å². The molecular weight excluding hydrogens is 312 g/mol. The molecule has 0 saturated carbocycles. The molecule has 1 unspecified atom stereocenters. The zero-order chi connectivity index (χ0) is 14.4. The van der Waals surface area contributed by atoms with Crippen LogP contribution in [0.5, 0.6) is 0 Å². The number of alkyl halides is 1. The Hall–Kier alpha value is -1.43. The normalized spacial score (nSPS) is 11.9. The third kappa shape index (κ3) is 4.63. The molecule has 1 aromatic rings. The van der Waals surface area contributed by atoms with Gasteiger partial charge in [-0.15, -0.1) is 0 Å². The van der Waals surface area contributed by atoms with Gasteiger partial charge in [0.1, 0.15) is 0 Å². The first-order chi connectivity index (χ1) is 8.95. The predicted octanol–water partition coefficient (Wildman–Crippen LogP) is 3.05. The number of nitro benzene ring substituents is 1. The van der Waals surface area contributed by atoms with E-state index in [9.17, 15) is 14.9 Å². The molecule has 0 fully saturated rings. The zero-order valence-corrected chi connectivity index (χ0v) is 12.6. The molecule has 0 aliphatic carbocycles. The first-order valence-electron chi connectivity index (χ1n) is 6.05. The van der Waals surface area contributed by atoms with Crippen molar-refractivity contribution in [2.24, 2.45) is 5.92 Å². The van der Waals surface area contributed by atoms with Crippen molar-refractivity contribution < 1.29 is 9.72 Å². The largest absolute Gasteiger partial charge is 0.352 e. The highest BCUT2D eigenvalue weighted by Crippen LogP contribution is 2.18. The second kappa shape index (κ2) is 7.23. The number of carbonyl (C=O) groups is 1. The van der Waals surface area contributed by atoms with E-state index in [4.69, 9.17) is 0 Å². The molecule has 0 aliphatic heterocycles. The average molecular weight is 329 g/mol. The second-order valence-electron chi connectivity index (χ2n) is 4.55. The van der Waals surface area contributed by atoms with Gasteiger partial charge in [0.05, 0.1) is 4.92 Å². The van der Waals surface area contributed by atoms with Crippen LogP contribution < -0.4 is 5.32 Å². The van der Waals surface area contributed by atoms with Gasteiger partial charge in [0.15, 0.2) is 0 Å². The van der Waals surface area contributed by atoms with Crippen molar-refractivity contribution in [2.75, 3.05) is 11.9 Å². The van der Waals surface area contributed by atoms with Crippen molar-refractivity contribution in [2.45, 2.75) is 20.3 Å². The highest BCUT2D eigenvalue weighted by molar-refractivity contribution is 9.09. The lowest BCUT2D eigenvalue weighted by molar-refractivity contribution is -0.385. The lowest BCUT2D eigenvalue weighted by Crippen LogP contribution is -2.28. The van der Waals surface area contributed by atoms with Gasteiger partial charge < -0.3 is 5.32 Å². The molecule has 0 aliphatic rings. The summed E-state index contributed by atoms with van der Waals surface area (Å²) in [5.41, 5.74) is 0.976. The van der Waals surface area contributed by atoms with E-state index in [0.29, 0.717) is 23.6 Å². The smallest absolute Gasteiger partial charge is 0.272 e. The van der Waals surface area contributed by atoms with Crippen LogP contribution in [0.1, 0.15) is 29.3 Å². The molecule has 19 heavy (non-hydrogen) atoms. The van der Waals surface area contributed by atoms with E-state index in [2.05, 4.69) is 28.2 Å². The summed E-state index contributed by atoms with van der Waals surface area (Å²) in [6.07, 6.45) is 0.986. The lowest BCUT2D eigenvalue weighted by atomic mass is 10.1. The van der Waals surface area contributed by atoms with Crippen LogP contribution in [0, 0.1) is 23.0 Å². The van der Waals surface area contributed by atoms with Crippen LogP contribution in [0.25, 0.3) is 0 Å². The van der Waals surface area contributed by atoms with Gasteiger partial charge in [-0.1, -0.05) is 22.9 Å². The number of nitrogens with zero attached hydrogens (tertiary/aromatic N) is 1. The third-order valence-corrected chi connectivity index (χ3v) is 3.33. The minimum atomic E-state index is -0.449. The number of benzene rings is 1. The molecule has 6 heteroatoms. The Morgan fingerprint density at radius 1 is 1.53 bits per heavy atom. The second-order valence-corrected chi connectivity index (χ2v) is 5.34. The van der Waals surface area contributed by atoms with Gasteiger partial charge in [-0.2, -0.15) is 0 Å². The van der Waals surface area contributed by atoms with Crippen LogP contribution in [-0.4, -0.2) is 22.7 Å². The first kappa shape index (κ1) is 15.6. The number of hydrogen-bond donors (Lipinski definition) is 1. The van der Waals surface area contributed by atoms with Crippen LogP contribution in [0.3, 0.4) is 0 Å². The summed E-state index contributed by atoms with van der Waals surface area (Å²) >= 11 is 3.36. The van der Waals surface area contributed by atoms with Crippen molar-refractivity contribution in [1.29, 1.82) is 0 Å². The Kier molecular flexibility index (Phi) is 5.95. The Morgan fingerprint density at radius 3 is 2.74 bits per heavy atom. The number of rotatable bonds is 6. The molecule has 1 amide bonds. The molecule has 1 rings (SSSR count). The molecule has 0 spiro atoms. The number of hydrogen-bond acceptors (Lipinski definition) is 3. The molecule has 1 aromatic carbocycles. The number of halogens is 1. The standard InChI is InChI=1S/C13H17BrN2O3/c1-9(5-6-14)8-15-13(17)11-3-4-12(16(18)19)10(2)7-11/h3-4,7,9H,5-6,8H2,1-2H3,(H,15,17). The van der Waals surface area contributed by atoms with Gasteiger partial charge in [0, 0.05) is 29.1 Å². The maximum absolute atomic E-state index is 11.9. The van der Waals surface area contributed by atoms with Gasteiger partial charge in [-0.25, -0.2) is 0 Å². The molecule has 1 N–H and O–H groups in total. The van der Waals surface area contributed by atoms with E-state index in [1.54, 1.807) is 13.0 Å². The summed E-state index contributed by atoms with van der Waals surface area (Å²) in [6, 6.07) is 4.39. The Bertz CT molecular complexity index is 477. The number of aryl methyl sites for hydroxylation is 1. The number of nitro groups is 1. The Balaban J connectivity index is 2.68. The summed E-state index contributed by atoms with van der Waals surface area (Å²) in [5, 5.41) is 14.4. The van der Waals surface area contributed by atoms with Gasteiger partial charge in [-0.3, -0.25) is 14.9 Å². The number of carbonyl (C=O) groups excluding carboxylic acids is 1. The quantitative estimate of drug-likeness (QED) is 0.495. The summed E-state index contributed by atoms with van der Waals surface area (Å²) in [6.45, 7) is 4.28. The Morgan fingerprint density at radius 2 is 2.21 bits per heavy atom. The number of amides is 1. The van der Waals surface area contributed by atoms with Crippen LogP contribution in [0.4, 0.5) is 5.69 Å². The topological polar surface area (TPSA) is 72.2 Å². The molecule has 104 valence electrons. The maximum Gasteiger partial charge on any atom is 0.272 e. The first-order valence-corrected chi connectivity index (χ1v) is 7.17. The molecule has 0 radical (unpaired) electrons. The fourth-order valence-electron chi connectivity index (χ4n) is 1.66. The Labute approximate surface area is 120 Å². The van der Waals surface area contributed by atoms with Crippen LogP contribution in [0.2, 0.25) is 0 Å². The van der Waals surface area contributed by atoms with Crippen molar-refractivity contribution in [3.05, 3.63) is 39.4 Å². The summed E-state index contributed by atoms with van der Waals surface area (Å²) in [4.78, 5) is 22.1. The van der Waals surface area contributed by atoms with E-state index in [1.807, 2.05) is 0 Å². The highest BCUT2D eigenvalue weighted by Gasteiger charge is 2.14. The molecule has 1 atom stereocenters. The van der Waals surface area contributed by atoms with Crippen molar-refractivity contribution >= 4 is 27.5 Å². The number of nitrogens with one attached hydrogen (secondary N) is 1. The van der Waals surface area contributed by atoms with Crippen molar-refractivity contribution in [3.63, 3.8) is 0 Å². The van der Waals surface area contributed by atoms with Gasteiger partial charge >= 0.3 is 0 Å². The zero-order valence-electron chi connectivity index (χ0n) is 11.0. The molecule has 0 saturated heterocycles. The fraction of sp³-hybridized carbons (Fsp3) is 0.462. The maximum atomic E-state index is 11.9. The van der Waals surface area contributed by atoms with E-state index in [0.717, 1.165) is 11.8 Å². The van der Waals surface area contributed by atoms with Crippen LogP contribution >= 0.6 is 15.9 Å². The summed E-state index contributed by atoms with van der Waals surface area (Å²) < 4.78 is 0. The summed E-state index contributed by atoms with van der Waals surface area (Å²) in [7, 11) is 0. The van der Waals surface area contributed by atoms with Gasteiger partial charge in [0.2, 0.25) is 0 Å². The minimum Gasteiger partial charge on any atom is -0.352 e. The van der Waals surface area contributed by atoms with Crippen LogP contribution in [-0.2, 0) is 0 Å². The molecule has 0 heterocycles. The van der Waals surface area contributed by atoms with Crippen molar-refractivity contribution in [1.82, 2.24) is 5.32 Å². The van der Waals surface area contributed by atoms with E-state index in [1.165, 1.54) is 12.1 Å². The SMILES string of the molecule is Cc1cc(C(=O)NCC(C)CCBr)ccc1[N+](=O)[O-]. The minimum absolute atomic E-state index is 0.0317. The van der Waals surface area contributed by atoms with Gasteiger partial charge in [-0.05, 0) is 31.4 Å². The lowest BCUT2D eigenvalue weighted by Gasteiger charge is -2.11. The van der Waals surface area contributed by atoms with E-state index >= 15 is 0 Å². The third-order valence-electron chi connectivity index (χ3n) is 2.87. The molecule has 0 aromatic heterocycles. The molecule has 0 bridgehead atoms. The fourth-order valence-corrected chi connectivity index (χ4v) is 2.44. The average Bonchev–Trinajstić information content (AvgIpc) is 2.35. The predicted molar refractivity (Wildman–Crippen MR) is 77.7 cm³/mol. The molecule has 5 nitrogen and oxygen atoms in total. The summed E-state index contributed by atoms with van der Waals surface area (Å²) in [5.74, 6) is 0.196. The van der Waals surface area contributed by atoms with E-state index in [-0.39, 0.29) is 11.6 Å².